The number of thiocarbonyl (C=S) groups is 1. The maximum absolute atomic E-state index is 5.33. The number of fused-ring (bicyclic) bond motifs is 1. The molecule has 0 bridgehead atoms. The minimum absolute atomic E-state index is 0.541. The van der Waals surface area contributed by atoms with Crippen molar-refractivity contribution in [2.75, 3.05) is 39.4 Å². The first kappa shape index (κ1) is 16.9. The van der Waals surface area contributed by atoms with Crippen LogP contribution in [0, 0.1) is 0 Å². The quantitative estimate of drug-likeness (QED) is 0.486. The third kappa shape index (κ3) is 4.31. The number of nitrogens with zero attached hydrogens (tertiary/aromatic N) is 3. The summed E-state index contributed by atoms with van der Waals surface area (Å²) in [6.07, 6.45) is 3.86. The number of nitrogens with one attached hydrogen (secondary N) is 2. The average Bonchev–Trinajstić information content (AvgIpc) is 2.92. The van der Waals surface area contributed by atoms with Crippen LogP contribution in [-0.4, -0.2) is 60.2 Å². The Balaban J connectivity index is 1.46. The molecule has 0 spiro atoms. The van der Waals surface area contributed by atoms with E-state index in [2.05, 4.69) is 43.6 Å². The van der Waals surface area contributed by atoms with Crippen molar-refractivity contribution >= 4 is 34.4 Å². The summed E-state index contributed by atoms with van der Waals surface area (Å²) in [4.78, 5) is 2.36. The van der Waals surface area contributed by atoms with Gasteiger partial charge in [-0.05, 0) is 18.3 Å². The molecule has 1 aromatic heterocycles. The van der Waals surface area contributed by atoms with Gasteiger partial charge in [0.2, 0.25) is 0 Å². The fourth-order valence-electron chi connectivity index (χ4n) is 2.83. The van der Waals surface area contributed by atoms with E-state index in [1.165, 1.54) is 10.9 Å². The van der Waals surface area contributed by atoms with Crippen molar-refractivity contribution in [3.05, 3.63) is 36.0 Å². The fourth-order valence-corrected chi connectivity index (χ4v) is 2.98. The zero-order valence-corrected chi connectivity index (χ0v) is 14.7. The smallest absolute Gasteiger partial charge is 0.187 e. The first-order valence-corrected chi connectivity index (χ1v) is 8.56. The second-order valence-corrected chi connectivity index (χ2v) is 6.20. The van der Waals surface area contributed by atoms with Crippen LogP contribution in [-0.2, 0) is 11.8 Å². The molecule has 2 aromatic rings. The highest BCUT2D eigenvalue weighted by atomic mass is 32.1. The lowest BCUT2D eigenvalue weighted by Gasteiger charge is -2.26. The number of hydrazone groups is 1. The number of rotatable bonds is 5. The molecule has 0 aliphatic carbocycles. The van der Waals surface area contributed by atoms with Crippen molar-refractivity contribution in [3.63, 3.8) is 0 Å². The molecule has 0 amide bonds. The van der Waals surface area contributed by atoms with E-state index in [4.69, 9.17) is 17.0 Å². The molecule has 0 radical (unpaired) electrons. The van der Waals surface area contributed by atoms with Crippen molar-refractivity contribution in [2.24, 2.45) is 12.1 Å². The number of hydrogen-bond acceptors (Lipinski definition) is 4. The van der Waals surface area contributed by atoms with Crippen LogP contribution in [0.15, 0.2) is 35.6 Å². The Morgan fingerprint density at radius 2 is 2.12 bits per heavy atom. The third-order valence-electron chi connectivity index (χ3n) is 4.11. The maximum Gasteiger partial charge on any atom is 0.187 e. The van der Waals surface area contributed by atoms with E-state index in [0.29, 0.717) is 5.11 Å². The van der Waals surface area contributed by atoms with Gasteiger partial charge in [-0.2, -0.15) is 5.10 Å². The Morgan fingerprint density at radius 3 is 2.96 bits per heavy atom. The van der Waals surface area contributed by atoms with Crippen LogP contribution < -0.4 is 10.7 Å². The lowest BCUT2D eigenvalue weighted by Crippen LogP contribution is -2.42. The van der Waals surface area contributed by atoms with Crippen LogP contribution in [0.4, 0.5) is 0 Å². The first-order valence-electron chi connectivity index (χ1n) is 8.15. The first-order chi connectivity index (χ1) is 11.7. The summed E-state index contributed by atoms with van der Waals surface area (Å²) in [7, 11) is 2.03. The zero-order chi connectivity index (χ0) is 16.8. The molecule has 1 saturated heterocycles. The van der Waals surface area contributed by atoms with Crippen molar-refractivity contribution < 1.29 is 4.74 Å². The van der Waals surface area contributed by atoms with Gasteiger partial charge in [0, 0.05) is 55.9 Å². The Hall–Kier alpha value is -1.96. The van der Waals surface area contributed by atoms with Crippen LogP contribution in [0.1, 0.15) is 5.56 Å². The van der Waals surface area contributed by atoms with Crippen molar-refractivity contribution in [1.82, 2.24) is 20.2 Å². The van der Waals surface area contributed by atoms with Crippen LogP contribution in [0.5, 0.6) is 0 Å². The predicted molar refractivity (Wildman–Crippen MR) is 102 cm³/mol. The number of hydrogen-bond donors (Lipinski definition) is 2. The molecule has 2 N–H and O–H groups in total. The van der Waals surface area contributed by atoms with Gasteiger partial charge < -0.3 is 14.6 Å². The maximum atomic E-state index is 5.33. The van der Waals surface area contributed by atoms with E-state index < -0.39 is 0 Å². The van der Waals surface area contributed by atoms with E-state index in [1.807, 2.05) is 19.2 Å². The molecule has 128 valence electrons. The van der Waals surface area contributed by atoms with E-state index in [1.54, 1.807) is 6.21 Å². The molecule has 7 heteroatoms. The number of aryl methyl sites for hydroxylation is 1. The molecular formula is C17H23N5OS. The highest BCUT2D eigenvalue weighted by molar-refractivity contribution is 7.80. The fraction of sp³-hybridized carbons (Fsp3) is 0.412. The largest absolute Gasteiger partial charge is 0.379 e. The summed E-state index contributed by atoms with van der Waals surface area (Å²) in [6, 6.07) is 8.26. The third-order valence-corrected chi connectivity index (χ3v) is 4.35. The summed E-state index contributed by atoms with van der Waals surface area (Å²) < 4.78 is 7.43. The van der Waals surface area contributed by atoms with Crippen LogP contribution in [0.25, 0.3) is 10.9 Å². The zero-order valence-electron chi connectivity index (χ0n) is 13.9. The molecule has 0 unspecified atom stereocenters. The SMILES string of the molecule is Cn1cc(/C=N/NC(=S)NCCN2CCOCC2)c2ccccc21. The average molecular weight is 345 g/mol. The number of ether oxygens (including phenoxy) is 1. The summed E-state index contributed by atoms with van der Waals surface area (Å²) in [6.45, 7) is 5.37. The van der Waals surface area contributed by atoms with E-state index >= 15 is 0 Å². The van der Waals surface area contributed by atoms with Gasteiger partial charge in [-0.3, -0.25) is 10.3 Å². The summed E-state index contributed by atoms with van der Waals surface area (Å²) in [5.74, 6) is 0. The predicted octanol–water partition coefficient (Wildman–Crippen LogP) is 1.31. The van der Waals surface area contributed by atoms with Crippen molar-refractivity contribution in [3.8, 4) is 0 Å². The van der Waals surface area contributed by atoms with Crippen LogP contribution in [0.2, 0.25) is 0 Å². The summed E-state index contributed by atoms with van der Waals surface area (Å²) in [5.41, 5.74) is 5.13. The Labute approximate surface area is 147 Å². The highest BCUT2D eigenvalue weighted by Crippen LogP contribution is 2.18. The molecular weight excluding hydrogens is 322 g/mol. The Kier molecular flexibility index (Phi) is 5.79. The number of para-hydroxylation sites is 1. The summed E-state index contributed by atoms with van der Waals surface area (Å²) in [5, 5.41) is 9.14. The van der Waals surface area contributed by atoms with Gasteiger partial charge in [0.25, 0.3) is 0 Å². The number of benzene rings is 1. The minimum atomic E-state index is 0.541. The molecule has 0 atom stereocenters. The monoisotopic (exact) mass is 345 g/mol. The van der Waals surface area contributed by atoms with Crippen molar-refractivity contribution in [1.29, 1.82) is 0 Å². The van der Waals surface area contributed by atoms with Gasteiger partial charge in [0.05, 0.1) is 19.4 Å². The number of aromatic nitrogens is 1. The second kappa shape index (κ2) is 8.23. The molecule has 1 aromatic carbocycles. The number of morpholine rings is 1. The standard InChI is InChI=1S/C17H23N5OS/c1-21-13-14(15-4-2-3-5-16(15)21)12-19-20-17(24)18-6-7-22-8-10-23-11-9-22/h2-5,12-13H,6-11H2,1H3,(H2,18,20,24)/b19-12+. The van der Waals surface area contributed by atoms with Crippen molar-refractivity contribution in [2.45, 2.75) is 0 Å². The minimum Gasteiger partial charge on any atom is -0.379 e. The molecule has 24 heavy (non-hydrogen) atoms. The molecule has 2 heterocycles. The van der Waals surface area contributed by atoms with Gasteiger partial charge in [-0.15, -0.1) is 0 Å². The Bertz CT molecular complexity index is 721. The molecule has 6 nitrogen and oxygen atoms in total. The lowest BCUT2D eigenvalue weighted by atomic mass is 10.2. The second-order valence-electron chi connectivity index (χ2n) is 5.79. The highest BCUT2D eigenvalue weighted by Gasteiger charge is 2.09. The molecule has 1 aliphatic rings. The van der Waals surface area contributed by atoms with E-state index in [0.717, 1.165) is 45.0 Å². The topological polar surface area (TPSA) is 53.8 Å². The van der Waals surface area contributed by atoms with Crippen LogP contribution in [0.3, 0.4) is 0 Å². The molecule has 0 saturated carbocycles. The van der Waals surface area contributed by atoms with E-state index in [9.17, 15) is 0 Å². The van der Waals surface area contributed by atoms with Gasteiger partial charge in [-0.1, -0.05) is 18.2 Å². The van der Waals surface area contributed by atoms with Gasteiger partial charge in [0.1, 0.15) is 0 Å². The van der Waals surface area contributed by atoms with Gasteiger partial charge >= 0.3 is 0 Å². The molecule has 1 fully saturated rings. The lowest BCUT2D eigenvalue weighted by molar-refractivity contribution is 0.0389. The Morgan fingerprint density at radius 1 is 1.33 bits per heavy atom. The van der Waals surface area contributed by atoms with E-state index in [-0.39, 0.29) is 0 Å². The van der Waals surface area contributed by atoms with Crippen LogP contribution >= 0.6 is 12.2 Å². The van der Waals surface area contributed by atoms with Gasteiger partial charge in [0.15, 0.2) is 5.11 Å². The van der Waals surface area contributed by atoms with Gasteiger partial charge in [-0.25, -0.2) is 0 Å². The molecule has 1 aliphatic heterocycles. The summed E-state index contributed by atoms with van der Waals surface area (Å²) >= 11 is 5.25. The normalized spacial score (nSPS) is 15.9. The molecule has 3 rings (SSSR count).